The number of benzene rings is 1. The minimum absolute atomic E-state index is 0.401. The third kappa shape index (κ3) is 3.08. The quantitative estimate of drug-likeness (QED) is 0.904. The molecule has 100 valence electrons. The van der Waals surface area contributed by atoms with Crippen molar-refractivity contribution in [2.75, 3.05) is 25.3 Å². The molecule has 2 aromatic rings. The van der Waals surface area contributed by atoms with E-state index in [0.717, 1.165) is 15.9 Å². The molecule has 5 nitrogen and oxygen atoms in total. The van der Waals surface area contributed by atoms with Gasteiger partial charge in [-0.05, 0) is 46.3 Å². The summed E-state index contributed by atoms with van der Waals surface area (Å²) in [4.78, 5) is 4.25. The third-order valence-electron chi connectivity index (χ3n) is 2.51. The molecule has 1 heterocycles. The standard InChI is InChI=1S/C13H14BrN3O2/c1-18-11-5-3-8(7-9(11)14)16-12-6-4-10(15)13(17-12)19-2/h3-7H,15H2,1-2H3,(H,16,17). The predicted octanol–water partition coefficient (Wildman–Crippen LogP) is 3.19. The van der Waals surface area contributed by atoms with Gasteiger partial charge >= 0.3 is 0 Å². The van der Waals surface area contributed by atoms with E-state index in [4.69, 9.17) is 15.2 Å². The fourth-order valence-corrected chi connectivity index (χ4v) is 2.12. The van der Waals surface area contributed by atoms with Gasteiger partial charge in [0.05, 0.1) is 24.4 Å². The van der Waals surface area contributed by atoms with Gasteiger partial charge in [-0.2, -0.15) is 4.98 Å². The maximum atomic E-state index is 5.72. The lowest BCUT2D eigenvalue weighted by molar-refractivity contribution is 0.401. The number of nitrogens with zero attached hydrogens (tertiary/aromatic N) is 1. The number of methoxy groups -OCH3 is 2. The van der Waals surface area contributed by atoms with Gasteiger partial charge in [0.1, 0.15) is 11.6 Å². The van der Waals surface area contributed by atoms with Gasteiger partial charge in [-0.15, -0.1) is 0 Å². The number of ether oxygens (including phenoxy) is 2. The maximum Gasteiger partial charge on any atom is 0.238 e. The number of rotatable bonds is 4. The number of hydrogen-bond acceptors (Lipinski definition) is 5. The maximum absolute atomic E-state index is 5.72. The third-order valence-corrected chi connectivity index (χ3v) is 3.13. The van der Waals surface area contributed by atoms with Gasteiger partial charge in [0.2, 0.25) is 5.88 Å². The first-order valence-corrected chi connectivity index (χ1v) is 6.34. The van der Waals surface area contributed by atoms with Crippen molar-refractivity contribution in [2.45, 2.75) is 0 Å². The van der Waals surface area contributed by atoms with Gasteiger partial charge in [0.15, 0.2) is 0 Å². The Hall–Kier alpha value is -1.95. The fraction of sp³-hybridized carbons (Fsp3) is 0.154. The number of nitrogens with two attached hydrogens (primary N) is 1. The first-order chi connectivity index (χ1) is 9.13. The van der Waals surface area contributed by atoms with E-state index in [1.807, 2.05) is 18.2 Å². The topological polar surface area (TPSA) is 69.4 Å². The number of nitrogen functional groups attached to an aromatic ring is 1. The molecule has 0 unspecified atom stereocenters. The molecule has 0 spiro atoms. The summed E-state index contributed by atoms with van der Waals surface area (Å²) in [6, 6.07) is 9.20. The Balaban J connectivity index is 2.23. The van der Waals surface area contributed by atoms with Crippen LogP contribution in [-0.2, 0) is 0 Å². The van der Waals surface area contributed by atoms with E-state index in [1.54, 1.807) is 19.2 Å². The first kappa shape index (κ1) is 13.5. The van der Waals surface area contributed by atoms with Crippen LogP contribution in [-0.4, -0.2) is 19.2 Å². The van der Waals surface area contributed by atoms with Crippen LogP contribution in [0.15, 0.2) is 34.8 Å². The number of nitrogens with one attached hydrogen (secondary N) is 1. The number of aromatic nitrogens is 1. The Morgan fingerprint density at radius 2 is 1.95 bits per heavy atom. The monoisotopic (exact) mass is 323 g/mol. The van der Waals surface area contributed by atoms with E-state index in [0.29, 0.717) is 17.4 Å². The van der Waals surface area contributed by atoms with Crippen LogP contribution >= 0.6 is 15.9 Å². The molecule has 0 saturated carbocycles. The second-order valence-corrected chi connectivity index (χ2v) is 4.62. The highest BCUT2D eigenvalue weighted by Gasteiger charge is 2.05. The molecule has 0 amide bonds. The highest BCUT2D eigenvalue weighted by Crippen LogP contribution is 2.29. The molecule has 0 aliphatic rings. The molecule has 0 fully saturated rings. The molecule has 0 aliphatic carbocycles. The van der Waals surface area contributed by atoms with Gasteiger partial charge in [-0.3, -0.25) is 0 Å². The van der Waals surface area contributed by atoms with E-state index < -0.39 is 0 Å². The summed E-state index contributed by atoms with van der Waals surface area (Å²) in [5.41, 5.74) is 7.10. The van der Waals surface area contributed by atoms with Crippen LogP contribution < -0.4 is 20.5 Å². The van der Waals surface area contributed by atoms with Gasteiger partial charge < -0.3 is 20.5 Å². The predicted molar refractivity (Wildman–Crippen MR) is 79.2 cm³/mol. The van der Waals surface area contributed by atoms with Gasteiger partial charge in [0.25, 0.3) is 0 Å². The SMILES string of the molecule is COc1ccc(Nc2ccc(N)c(OC)n2)cc1Br. The van der Waals surface area contributed by atoms with Crippen LogP contribution in [0.25, 0.3) is 0 Å². The molecule has 0 bridgehead atoms. The summed E-state index contributed by atoms with van der Waals surface area (Å²) in [5, 5.41) is 3.17. The van der Waals surface area contributed by atoms with Crippen molar-refractivity contribution in [3.63, 3.8) is 0 Å². The van der Waals surface area contributed by atoms with E-state index in [-0.39, 0.29) is 0 Å². The van der Waals surface area contributed by atoms with Crippen molar-refractivity contribution < 1.29 is 9.47 Å². The summed E-state index contributed by atoms with van der Waals surface area (Å²) < 4.78 is 11.1. The van der Waals surface area contributed by atoms with Crippen molar-refractivity contribution in [1.29, 1.82) is 0 Å². The first-order valence-electron chi connectivity index (χ1n) is 5.55. The van der Waals surface area contributed by atoms with Crippen molar-refractivity contribution in [3.8, 4) is 11.6 Å². The van der Waals surface area contributed by atoms with Crippen molar-refractivity contribution >= 4 is 33.1 Å². The highest BCUT2D eigenvalue weighted by molar-refractivity contribution is 9.10. The summed E-state index contributed by atoms with van der Waals surface area (Å²) in [5.74, 6) is 1.83. The van der Waals surface area contributed by atoms with Crippen molar-refractivity contribution in [2.24, 2.45) is 0 Å². The number of halogens is 1. The second-order valence-electron chi connectivity index (χ2n) is 3.77. The Bertz CT molecular complexity index is 590. The zero-order valence-electron chi connectivity index (χ0n) is 10.6. The molecule has 1 aromatic carbocycles. The summed E-state index contributed by atoms with van der Waals surface area (Å²) >= 11 is 3.43. The largest absolute Gasteiger partial charge is 0.496 e. The van der Waals surface area contributed by atoms with Crippen LogP contribution in [0.4, 0.5) is 17.2 Å². The Kier molecular flexibility index (Phi) is 4.11. The van der Waals surface area contributed by atoms with Gasteiger partial charge in [0, 0.05) is 5.69 Å². The van der Waals surface area contributed by atoms with Crippen LogP contribution in [0.1, 0.15) is 0 Å². The molecule has 19 heavy (non-hydrogen) atoms. The zero-order chi connectivity index (χ0) is 13.8. The summed E-state index contributed by atoms with van der Waals surface area (Å²) in [7, 11) is 3.16. The lowest BCUT2D eigenvalue weighted by Crippen LogP contribution is -1.99. The molecule has 6 heteroatoms. The molecule has 0 radical (unpaired) electrons. The zero-order valence-corrected chi connectivity index (χ0v) is 12.2. The van der Waals surface area contributed by atoms with Crippen LogP contribution in [0.2, 0.25) is 0 Å². The molecule has 2 rings (SSSR count). The normalized spacial score (nSPS) is 10.1. The van der Waals surface area contributed by atoms with Crippen molar-refractivity contribution in [3.05, 3.63) is 34.8 Å². The van der Waals surface area contributed by atoms with E-state index in [1.165, 1.54) is 7.11 Å². The van der Waals surface area contributed by atoms with E-state index in [9.17, 15) is 0 Å². The molecule has 0 atom stereocenters. The highest BCUT2D eigenvalue weighted by atomic mass is 79.9. The van der Waals surface area contributed by atoms with Gasteiger partial charge in [-0.25, -0.2) is 0 Å². The lowest BCUT2D eigenvalue weighted by atomic mass is 10.3. The Labute approximate surface area is 119 Å². The summed E-state index contributed by atoms with van der Waals surface area (Å²) in [6.45, 7) is 0. The minimum Gasteiger partial charge on any atom is -0.496 e. The number of pyridine rings is 1. The lowest BCUT2D eigenvalue weighted by Gasteiger charge is -2.10. The Morgan fingerprint density at radius 3 is 2.58 bits per heavy atom. The molecular weight excluding hydrogens is 310 g/mol. The summed E-state index contributed by atoms with van der Waals surface area (Å²) in [6.07, 6.45) is 0. The molecule has 3 N–H and O–H groups in total. The van der Waals surface area contributed by atoms with Crippen molar-refractivity contribution in [1.82, 2.24) is 4.98 Å². The minimum atomic E-state index is 0.401. The van der Waals surface area contributed by atoms with Crippen LogP contribution in [0.3, 0.4) is 0 Å². The van der Waals surface area contributed by atoms with E-state index in [2.05, 4.69) is 26.2 Å². The molecular formula is C13H14BrN3O2. The molecule has 1 aromatic heterocycles. The van der Waals surface area contributed by atoms with E-state index >= 15 is 0 Å². The van der Waals surface area contributed by atoms with Gasteiger partial charge in [-0.1, -0.05) is 0 Å². The smallest absolute Gasteiger partial charge is 0.238 e. The Morgan fingerprint density at radius 1 is 1.16 bits per heavy atom. The molecule has 0 saturated heterocycles. The fourth-order valence-electron chi connectivity index (χ4n) is 1.58. The second kappa shape index (κ2) is 5.79. The van der Waals surface area contributed by atoms with Crippen LogP contribution in [0.5, 0.6) is 11.6 Å². The molecule has 0 aliphatic heterocycles. The number of hydrogen-bond donors (Lipinski definition) is 2. The van der Waals surface area contributed by atoms with Crippen LogP contribution in [0, 0.1) is 0 Å². The average molecular weight is 324 g/mol. The number of anilines is 3. The average Bonchev–Trinajstić information content (AvgIpc) is 2.41.